The van der Waals surface area contributed by atoms with Gasteiger partial charge < -0.3 is 11.1 Å². The van der Waals surface area contributed by atoms with Crippen LogP contribution in [0.1, 0.15) is 18.5 Å². The van der Waals surface area contributed by atoms with E-state index in [9.17, 15) is 9.18 Å². The summed E-state index contributed by atoms with van der Waals surface area (Å²) in [5.74, 6) is -0.102. The van der Waals surface area contributed by atoms with Gasteiger partial charge in [-0.25, -0.2) is 9.07 Å². The number of fused-ring (bicyclic) bond motifs is 1. The summed E-state index contributed by atoms with van der Waals surface area (Å²) in [4.78, 5) is 16.6. The molecule has 1 aromatic heterocycles. The Kier molecular flexibility index (Phi) is 4.16. The average Bonchev–Trinajstić information content (AvgIpc) is 3.04. The Morgan fingerprint density at radius 1 is 1.22 bits per heavy atom. The maximum Gasteiger partial charge on any atom is 0.248 e. The van der Waals surface area contributed by atoms with E-state index < -0.39 is 11.9 Å². The van der Waals surface area contributed by atoms with Crippen molar-refractivity contribution in [3.8, 4) is 11.4 Å². The lowest BCUT2D eigenvalue weighted by Gasteiger charge is -2.27. The largest absolute Gasteiger partial charge is 0.366 e. The number of primary amides is 1. The number of aromatic nitrogens is 3. The number of carbonyl (C=O) groups excluding carboxylic acids is 1. The van der Waals surface area contributed by atoms with Gasteiger partial charge in [0.2, 0.25) is 11.9 Å². The van der Waals surface area contributed by atoms with Gasteiger partial charge in [0.1, 0.15) is 11.9 Å². The number of rotatable bonds is 3. The van der Waals surface area contributed by atoms with Gasteiger partial charge in [-0.2, -0.15) is 4.98 Å². The van der Waals surface area contributed by atoms with E-state index in [1.165, 1.54) is 12.1 Å². The van der Waals surface area contributed by atoms with Crippen molar-refractivity contribution in [2.75, 3.05) is 5.32 Å². The summed E-state index contributed by atoms with van der Waals surface area (Å²) in [6.07, 6.45) is 0. The number of carbonyl (C=O) groups is 1. The molecule has 6 nitrogen and oxygen atoms in total. The predicted octanol–water partition coefficient (Wildman–Crippen LogP) is 3.51. The summed E-state index contributed by atoms with van der Waals surface area (Å²) in [7, 11) is 0. The maximum absolute atomic E-state index is 13.4. The number of hydrogen-bond acceptors (Lipinski definition) is 4. The third-order valence-electron chi connectivity index (χ3n) is 4.42. The van der Waals surface area contributed by atoms with E-state index in [0.717, 1.165) is 0 Å². The number of allylic oxidation sites excluding steroid dienone is 1. The topological polar surface area (TPSA) is 85.8 Å². The molecule has 1 atom stereocenters. The third kappa shape index (κ3) is 2.96. The number of nitrogens with two attached hydrogens (primary N) is 1. The smallest absolute Gasteiger partial charge is 0.248 e. The van der Waals surface area contributed by atoms with Crippen molar-refractivity contribution in [2.45, 2.75) is 13.0 Å². The second-order valence-corrected chi connectivity index (χ2v) is 6.57. The summed E-state index contributed by atoms with van der Waals surface area (Å²) in [5, 5.41) is 8.13. The van der Waals surface area contributed by atoms with E-state index in [2.05, 4.69) is 15.4 Å². The van der Waals surface area contributed by atoms with Gasteiger partial charge in [-0.15, -0.1) is 5.10 Å². The zero-order valence-electron chi connectivity index (χ0n) is 14.3. The van der Waals surface area contributed by atoms with Gasteiger partial charge in [0, 0.05) is 11.3 Å². The Hall–Kier alpha value is -3.19. The van der Waals surface area contributed by atoms with Crippen molar-refractivity contribution in [3.05, 3.63) is 76.2 Å². The first kappa shape index (κ1) is 17.2. The minimum Gasteiger partial charge on any atom is -0.366 e. The second-order valence-electron chi connectivity index (χ2n) is 6.17. The molecule has 1 aliphatic heterocycles. The van der Waals surface area contributed by atoms with Crippen LogP contribution in [0.15, 0.2) is 59.8 Å². The molecule has 2 heterocycles. The van der Waals surface area contributed by atoms with Crippen LogP contribution < -0.4 is 11.1 Å². The zero-order chi connectivity index (χ0) is 19.1. The van der Waals surface area contributed by atoms with Crippen molar-refractivity contribution < 1.29 is 9.18 Å². The quantitative estimate of drug-likeness (QED) is 0.724. The molecule has 8 heteroatoms. The number of anilines is 1. The molecular weight excluding hydrogens is 369 g/mol. The van der Waals surface area contributed by atoms with Crippen molar-refractivity contribution in [1.82, 2.24) is 14.8 Å². The first-order chi connectivity index (χ1) is 13.0. The van der Waals surface area contributed by atoms with Crippen LogP contribution in [-0.2, 0) is 4.79 Å². The second kappa shape index (κ2) is 6.51. The summed E-state index contributed by atoms with van der Waals surface area (Å²) in [6, 6.07) is 12.5. The van der Waals surface area contributed by atoms with Gasteiger partial charge in [-0.05, 0) is 36.8 Å². The van der Waals surface area contributed by atoms with Crippen LogP contribution in [-0.4, -0.2) is 20.7 Å². The molecule has 136 valence electrons. The summed E-state index contributed by atoms with van der Waals surface area (Å²) in [5.41, 5.74) is 7.87. The van der Waals surface area contributed by atoms with Crippen molar-refractivity contribution in [1.29, 1.82) is 0 Å². The molecule has 3 N–H and O–H groups in total. The summed E-state index contributed by atoms with van der Waals surface area (Å²) >= 11 is 6.27. The number of halogens is 2. The highest BCUT2D eigenvalue weighted by Crippen LogP contribution is 2.36. The fourth-order valence-electron chi connectivity index (χ4n) is 3.18. The molecule has 0 bridgehead atoms. The zero-order valence-corrected chi connectivity index (χ0v) is 15.0. The molecule has 0 saturated carbocycles. The van der Waals surface area contributed by atoms with Crippen molar-refractivity contribution >= 4 is 23.5 Å². The highest BCUT2D eigenvalue weighted by atomic mass is 35.5. The highest BCUT2D eigenvalue weighted by Gasteiger charge is 2.33. The van der Waals surface area contributed by atoms with Gasteiger partial charge in [-0.3, -0.25) is 4.79 Å². The molecule has 0 aliphatic carbocycles. The lowest BCUT2D eigenvalue weighted by atomic mass is 9.95. The number of hydrogen-bond donors (Lipinski definition) is 2. The van der Waals surface area contributed by atoms with E-state index >= 15 is 0 Å². The molecule has 0 saturated heterocycles. The number of nitrogens with zero attached hydrogens (tertiary/aromatic N) is 3. The molecule has 27 heavy (non-hydrogen) atoms. The number of benzene rings is 2. The van der Waals surface area contributed by atoms with E-state index in [-0.39, 0.29) is 5.82 Å². The van der Waals surface area contributed by atoms with E-state index in [4.69, 9.17) is 17.3 Å². The van der Waals surface area contributed by atoms with Crippen molar-refractivity contribution in [3.63, 3.8) is 0 Å². The molecule has 1 amide bonds. The van der Waals surface area contributed by atoms with Crippen LogP contribution >= 0.6 is 11.6 Å². The molecular formula is C19H15ClFN5O. The van der Waals surface area contributed by atoms with Gasteiger partial charge in [0.05, 0.1) is 10.6 Å². The van der Waals surface area contributed by atoms with E-state index in [0.29, 0.717) is 39.2 Å². The maximum atomic E-state index is 13.4. The number of nitrogens with one attached hydrogen (secondary N) is 1. The molecule has 0 fully saturated rings. The molecule has 2 aromatic carbocycles. The van der Waals surface area contributed by atoms with E-state index in [1.54, 1.807) is 29.8 Å². The monoisotopic (exact) mass is 383 g/mol. The minimum atomic E-state index is -0.622. The molecule has 0 radical (unpaired) electrons. The first-order valence-electron chi connectivity index (χ1n) is 8.20. The van der Waals surface area contributed by atoms with Crippen LogP contribution in [0.3, 0.4) is 0 Å². The average molecular weight is 384 g/mol. The van der Waals surface area contributed by atoms with Gasteiger partial charge in [-0.1, -0.05) is 35.9 Å². The Morgan fingerprint density at radius 2 is 1.93 bits per heavy atom. The lowest BCUT2D eigenvalue weighted by molar-refractivity contribution is -0.115. The van der Waals surface area contributed by atoms with Crippen LogP contribution in [0.5, 0.6) is 0 Å². The standard InChI is InChI=1S/C19H15ClFN5O/c1-10-15(17(22)27)16(11-6-8-12(21)9-7-11)26-19(23-10)24-18(25-26)13-4-2-3-5-14(13)20/h2-9,16H,1H3,(H2,22,27)(H,23,24,25)/t16-/m0/s1. The fourth-order valence-corrected chi connectivity index (χ4v) is 3.40. The third-order valence-corrected chi connectivity index (χ3v) is 4.75. The fraction of sp³-hybridized carbons (Fsp3) is 0.105. The van der Waals surface area contributed by atoms with Crippen LogP contribution in [0.4, 0.5) is 10.3 Å². The predicted molar refractivity (Wildman–Crippen MR) is 101 cm³/mol. The lowest BCUT2D eigenvalue weighted by Crippen LogP contribution is -2.31. The Labute approximate surface area is 159 Å². The normalized spacial score (nSPS) is 16.0. The molecule has 0 spiro atoms. The van der Waals surface area contributed by atoms with Gasteiger partial charge in [0.25, 0.3) is 0 Å². The molecule has 3 aromatic rings. The SMILES string of the molecule is CC1=C(C(N)=O)[C@H](c2ccc(F)cc2)n2nc(-c3ccccc3Cl)nc2N1. The van der Waals surface area contributed by atoms with Crippen LogP contribution in [0.25, 0.3) is 11.4 Å². The molecule has 0 unspecified atom stereocenters. The van der Waals surface area contributed by atoms with Crippen LogP contribution in [0.2, 0.25) is 5.02 Å². The first-order valence-corrected chi connectivity index (χ1v) is 8.58. The highest BCUT2D eigenvalue weighted by molar-refractivity contribution is 6.33. The Bertz CT molecular complexity index is 1070. The minimum absolute atomic E-state index is 0.338. The van der Waals surface area contributed by atoms with E-state index in [1.807, 2.05) is 18.2 Å². The Balaban J connectivity index is 1.90. The Morgan fingerprint density at radius 3 is 2.59 bits per heavy atom. The van der Waals surface area contributed by atoms with Crippen molar-refractivity contribution in [2.24, 2.45) is 5.73 Å². The molecule has 4 rings (SSSR count). The molecule has 1 aliphatic rings. The van der Waals surface area contributed by atoms with Crippen LogP contribution in [0, 0.1) is 5.82 Å². The number of amides is 1. The summed E-state index contributed by atoms with van der Waals surface area (Å²) < 4.78 is 15.0. The summed E-state index contributed by atoms with van der Waals surface area (Å²) in [6.45, 7) is 1.74. The van der Waals surface area contributed by atoms with Gasteiger partial charge >= 0.3 is 0 Å². The van der Waals surface area contributed by atoms with Gasteiger partial charge in [0.15, 0.2) is 5.82 Å².